The topological polar surface area (TPSA) is 61.8 Å². The number of carbonyl (C=O) groups is 2. The Balaban J connectivity index is 2.49. The highest BCUT2D eigenvalue weighted by Gasteiger charge is 2.62. The number of ketones is 2. The Labute approximate surface area is 158 Å². The van der Waals surface area contributed by atoms with Gasteiger partial charge in [0.1, 0.15) is 17.3 Å². The van der Waals surface area contributed by atoms with Crippen LogP contribution in [-0.2, 0) is 23.5 Å². The summed E-state index contributed by atoms with van der Waals surface area (Å²) >= 11 is 0. The second kappa shape index (κ2) is 6.57. The Morgan fingerprint density at radius 1 is 1.31 bits per heavy atom. The summed E-state index contributed by atoms with van der Waals surface area (Å²) in [5.74, 6) is 0.481. The van der Waals surface area contributed by atoms with Gasteiger partial charge in [-0.15, -0.1) is 0 Å². The van der Waals surface area contributed by atoms with E-state index in [2.05, 4.69) is 33.9 Å². The Hall–Kier alpha value is -0.983. The molecule has 0 spiro atoms. The van der Waals surface area contributed by atoms with Gasteiger partial charge in [0.15, 0.2) is 5.78 Å². The molecule has 2 rings (SSSR count). The molecule has 1 fully saturated rings. The van der Waals surface area contributed by atoms with Gasteiger partial charge >= 0.3 is 0 Å². The van der Waals surface area contributed by atoms with Crippen molar-refractivity contribution in [2.24, 2.45) is 5.41 Å². The van der Waals surface area contributed by atoms with Crippen molar-refractivity contribution >= 4 is 19.9 Å². The number of methoxy groups -OCH3 is 1. The zero-order valence-corrected chi connectivity index (χ0v) is 18.7. The minimum Gasteiger partial charge on any atom is -0.547 e. The van der Waals surface area contributed by atoms with Crippen molar-refractivity contribution in [3.05, 3.63) is 11.8 Å². The number of hydrogen-bond acceptors (Lipinski definition) is 5. The maximum Gasteiger partial charge on any atom is 0.250 e. The van der Waals surface area contributed by atoms with Crippen LogP contribution in [-0.4, -0.2) is 44.8 Å². The number of ether oxygens (including phenoxy) is 2. The first kappa shape index (κ1) is 21.3. The summed E-state index contributed by atoms with van der Waals surface area (Å²) in [4.78, 5) is 25.7. The van der Waals surface area contributed by atoms with Gasteiger partial charge in [0, 0.05) is 20.0 Å². The zero-order chi connectivity index (χ0) is 20.1. The number of hydrogen-bond donors (Lipinski definition) is 0. The van der Waals surface area contributed by atoms with Gasteiger partial charge in [-0.25, -0.2) is 0 Å². The lowest BCUT2D eigenvalue weighted by atomic mass is 9.62. The Morgan fingerprint density at radius 2 is 1.88 bits per heavy atom. The van der Waals surface area contributed by atoms with E-state index in [1.165, 1.54) is 14.0 Å². The van der Waals surface area contributed by atoms with Crippen LogP contribution in [0.1, 0.15) is 54.4 Å². The zero-order valence-electron chi connectivity index (χ0n) is 17.7. The van der Waals surface area contributed by atoms with Gasteiger partial charge in [-0.2, -0.15) is 0 Å². The lowest BCUT2D eigenvalue weighted by Gasteiger charge is -2.52. The van der Waals surface area contributed by atoms with Crippen molar-refractivity contribution in [2.75, 3.05) is 7.11 Å². The lowest BCUT2D eigenvalue weighted by Crippen LogP contribution is -2.64. The molecule has 0 bridgehead atoms. The second-order valence-corrected chi connectivity index (χ2v) is 14.5. The van der Waals surface area contributed by atoms with Crippen LogP contribution in [0.5, 0.6) is 0 Å². The molecule has 1 aliphatic carbocycles. The van der Waals surface area contributed by atoms with E-state index in [4.69, 9.17) is 13.9 Å². The van der Waals surface area contributed by atoms with E-state index in [1.807, 2.05) is 19.9 Å². The molecule has 2 aliphatic rings. The largest absolute Gasteiger partial charge is 0.547 e. The molecule has 0 amide bonds. The lowest BCUT2D eigenvalue weighted by molar-refractivity contribution is -0.202. The molecule has 6 heteroatoms. The maximum absolute atomic E-state index is 13.1. The summed E-state index contributed by atoms with van der Waals surface area (Å²) < 4.78 is 18.3. The van der Waals surface area contributed by atoms with Gasteiger partial charge < -0.3 is 13.9 Å². The van der Waals surface area contributed by atoms with E-state index in [-0.39, 0.29) is 23.0 Å². The van der Waals surface area contributed by atoms with Crippen LogP contribution in [0.4, 0.5) is 0 Å². The van der Waals surface area contributed by atoms with Crippen LogP contribution in [0.2, 0.25) is 18.1 Å². The molecular formula is C20H34O5Si. The smallest absolute Gasteiger partial charge is 0.250 e. The van der Waals surface area contributed by atoms with Gasteiger partial charge in [-0.1, -0.05) is 20.8 Å². The van der Waals surface area contributed by atoms with Crippen LogP contribution in [0, 0.1) is 5.41 Å². The quantitative estimate of drug-likeness (QED) is 0.543. The van der Waals surface area contributed by atoms with Crippen LogP contribution in [0.15, 0.2) is 11.8 Å². The molecule has 26 heavy (non-hydrogen) atoms. The summed E-state index contributed by atoms with van der Waals surface area (Å²) in [6, 6.07) is 0. The number of fused-ring (bicyclic) bond motifs is 1. The number of Topliss-reactive ketones (excluding diaryl/α,β-unsaturated/α-hetero) is 2. The third-order valence-electron chi connectivity index (χ3n) is 6.22. The standard InChI is InChI=1S/C20H34O5Si/c1-13(21)20-15(22)12-19(5,6)24-17(20)11-14(10-16(20)23-7)25-26(8,9)18(2,3)4/h10,16-17H,11-12H2,1-9H3/t16?,17-,20+/m0/s1. The summed E-state index contributed by atoms with van der Waals surface area (Å²) in [7, 11) is -0.512. The number of carbonyl (C=O) groups excluding carboxylic acids is 2. The van der Waals surface area contributed by atoms with E-state index in [1.54, 1.807) is 0 Å². The Morgan fingerprint density at radius 3 is 2.35 bits per heavy atom. The van der Waals surface area contributed by atoms with Gasteiger partial charge in [0.05, 0.1) is 17.5 Å². The first-order chi connectivity index (χ1) is 11.7. The van der Waals surface area contributed by atoms with Gasteiger partial charge in [-0.3, -0.25) is 9.59 Å². The first-order valence-electron chi connectivity index (χ1n) is 9.32. The van der Waals surface area contributed by atoms with E-state index in [0.29, 0.717) is 6.42 Å². The van der Waals surface area contributed by atoms with Crippen LogP contribution < -0.4 is 0 Å². The van der Waals surface area contributed by atoms with E-state index >= 15 is 0 Å². The van der Waals surface area contributed by atoms with Crippen LogP contribution in [0.3, 0.4) is 0 Å². The summed E-state index contributed by atoms with van der Waals surface area (Å²) in [6.45, 7) is 16.2. The molecule has 5 nitrogen and oxygen atoms in total. The highest BCUT2D eigenvalue weighted by molar-refractivity contribution is 6.74. The predicted octanol–water partition coefficient (Wildman–Crippen LogP) is 4.02. The van der Waals surface area contributed by atoms with Crippen molar-refractivity contribution in [3.8, 4) is 0 Å². The Bertz CT molecular complexity index is 629. The molecule has 1 saturated heterocycles. The molecule has 0 saturated carbocycles. The first-order valence-corrected chi connectivity index (χ1v) is 12.2. The molecule has 1 heterocycles. The molecule has 0 aromatic rings. The van der Waals surface area contributed by atoms with Crippen molar-refractivity contribution in [1.29, 1.82) is 0 Å². The molecule has 0 radical (unpaired) electrons. The van der Waals surface area contributed by atoms with Crippen molar-refractivity contribution < 1.29 is 23.5 Å². The molecule has 1 unspecified atom stereocenters. The molecule has 0 N–H and O–H groups in total. The molecule has 0 aromatic carbocycles. The third-order valence-corrected chi connectivity index (χ3v) is 10.6. The second-order valence-electron chi connectivity index (χ2n) is 9.75. The van der Waals surface area contributed by atoms with Gasteiger partial charge in [0.25, 0.3) is 0 Å². The minimum atomic E-state index is -2.04. The van der Waals surface area contributed by atoms with E-state index in [0.717, 1.165) is 5.76 Å². The number of rotatable bonds is 4. The predicted molar refractivity (Wildman–Crippen MR) is 103 cm³/mol. The maximum atomic E-state index is 13.1. The molecule has 1 aliphatic heterocycles. The SMILES string of the molecule is COC1C=C(O[Si](C)(C)C(C)(C)C)C[C@@H]2OC(C)(C)CC(=O)[C@]12C(C)=O. The molecular weight excluding hydrogens is 348 g/mol. The highest BCUT2D eigenvalue weighted by atomic mass is 28.4. The van der Waals surface area contributed by atoms with Gasteiger partial charge in [0.2, 0.25) is 8.32 Å². The highest BCUT2D eigenvalue weighted by Crippen LogP contribution is 2.49. The summed E-state index contributed by atoms with van der Waals surface area (Å²) in [5, 5.41) is 0.0496. The van der Waals surface area contributed by atoms with E-state index < -0.39 is 31.5 Å². The molecule has 0 aromatic heterocycles. The monoisotopic (exact) mass is 382 g/mol. The van der Waals surface area contributed by atoms with Crippen LogP contribution >= 0.6 is 0 Å². The fraction of sp³-hybridized carbons (Fsp3) is 0.800. The van der Waals surface area contributed by atoms with Crippen LogP contribution in [0.25, 0.3) is 0 Å². The van der Waals surface area contributed by atoms with E-state index in [9.17, 15) is 9.59 Å². The third kappa shape index (κ3) is 3.43. The average molecular weight is 383 g/mol. The molecule has 3 atom stereocenters. The van der Waals surface area contributed by atoms with Crippen molar-refractivity contribution in [1.82, 2.24) is 0 Å². The summed E-state index contributed by atoms with van der Waals surface area (Å²) in [5.41, 5.74) is -1.87. The Kier molecular flexibility index (Phi) is 5.38. The fourth-order valence-corrected chi connectivity index (χ4v) is 4.87. The average Bonchev–Trinajstić information content (AvgIpc) is 2.42. The summed E-state index contributed by atoms with van der Waals surface area (Å²) in [6.07, 6.45) is 1.22. The van der Waals surface area contributed by atoms with Gasteiger partial charge in [-0.05, 0) is 45.0 Å². The molecule has 148 valence electrons. The van der Waals surface area contributed by atoms with Crippen molar-refractivity contribution in [2.45, 2.75) is 90.3 Å². The van der Waals surface area contributed by atoms with Crippen molar-refractivity contribution in [3.63, 3.8) is 0 Å². The fourth-order valence-electron chi connectivity index (χ4n) is 3.76. The normalized spacial score (nSPS) is 31.9. The minimum absolute atomic E-state index is 0.0496.